The summed E-state index contributed by atoms with van der Waals surface area (Å²) >= 11 is 0. The molecule has 2 aromatic rings. The van der Waals surface area contributed by atoms with Crippen molar-refractivity contribution in [2.24, 2.45) is 0 Å². The van der Waals surface area contributed by atoms with Crippen LogP contribution in [-0.2, 0) is 14.9 Å². The zero-order valence-electron chi connectivity index (χ0n) is 12.9. The molecule has 1 fully saturated rings. The molecule has 1 aliphatic carbocycles. The van der Waals surface area contributed by atoms with Crippen molar-refractivity contribution in [3.63, 3.8) is 0 Å². The van der Waals surface area contributed by atoms with E-state index in [2.05, 4.69) is 30.3 Å². The Morgan fingerprint density at radius 2 is 1.86 bits per heavy atom. The number of carbonyl (C=O) groups excluding carboxylic acids is 1. The van der Waals surface area contributed by atoms with Gasteiger partial charge in [-0.25, -0.2) is 0 Å². The minimum Gasteiger partial charge on any atom is -0.465 e. The number of rotatable bonds is 3. The summed E-state index contributed by atoms with van der Waals surface area (Å²) in [5.74, 6) is -0.245. The minimum absolute atomic E-state index is 0.189. The van der Waals surface area contributed by atoms with Gasteiger partial charge in [-0.1, -0.05) is 42.5 Å². The predicted octanol–water partition coefficient (Wildman–Crippen LogP) is 3.58. The van der Waals surface area contributed by atoms with Gasteiger partial charge in [0.1, 0.15) is 6.61 Å². The second-order valence-electron chi connectivity index (χ2n) is 6.32. The lowest BCUT2D eigenvalue weighted by atomic mass is 9.68. The largest absolute Gasteiger partial charge is 0.465 e. The molecule has 0 radical (unpaired) electrons. The zero-order chi connectivity index (χ0) is 15.6. The molecule has 0 spiro atoms. The summed E-state index contributed by atoms with van der Waals surface area (Å²) in [6.45, 7) is 1.84. The highest BCUT2D eigenvalue weighted by atomic mass is 16.5. The van der Waals surface area contributed by atoms with Crippen LogP contribution >= 0.6 is 0 Å². The third kappa shape index (κ3) is 2.86. The smallest absolute Gasteiger partial charge is 0.302 e. The number of aliphatic hydroxyl groups is 1. The van der Waals surface area contributed by atoms with Crippen molar-refractivity contribution in [1.82, 2.24) is 0 Å². The zero-order valence-corrected chi connectivity index (χ0v) is 12.9. The molecule has 1 N–H and O–H groups in total. The SMILES string of the molecule is CC(=O)OCC1(c2cccc3ccccc23)CCC(O)CC1. The molecule has 0 atom stereocenters. The molecule has 3 rings (SSSR count). The van der Waals surface area contributed by atoms with Gasteiger partial charge in [0.15, 0.2) is 0 Å². The fourth-order valence-electron chi connectivity index (χ4n) is 3.57. The topological polar surface area (TPSA) is 46.5 Å². The number of carbonyl (C=O) groups is 1. The Balaban J connectivity index is 2.05. The Labute approximate surface area is 130 Å². The average Bonchev–Trinajstić information content (AvgIpc) is 2.54. The second kappa shape index (κ2) is 6.09. The molecule has 3 nitrogen and oxygen atoms in total. The highest BCUT2D eigenvalue weighted by Gasteiger charge is 2.38. The number of hydrogen-bond donors (Lipinski definition) is 1. The van der Waals surface area contributed by atoms with Gasteiger partial charge in [0.25, 0.3) is 0 Å². The van der Waals surface area contributed by atoms with Gasteiger partial charge >= 0.3 is 5.97 Å². The van der Waals surface area contributed by atoms with Crippen LogP contribution in [0.15, 0.2) is 42.5 Å². The summed E-state index contributed by atoms with van der Waals surface area (Å²) in [6.07, 6.45) is 2.96. The van der Waals surface area contributed by atoms with E-state index in [-0.39, 0.29) is 17.5 Å². The number of fused-ring (bicyclic) bond motifs is 1. The Hall–Kier alpha value is -1.87. The molecule has 0 amide bonds. The molecule has 0 aromatic heterocycles. The quantitative estimate of drug-likeness (QED) is 0.881. The Kier molecular flexibility index (Phi) is 4.16. The fraction of sp³-hybridized carbons (Fsp3) is 0.421. The van der Waals surface area contributed by atoms with Crippen molar-refractivity contribution in [1.29, 1.82) is 0 Å². The van der Waals surface area contributed by atoms with Gasteiger partial charge in [0, 0.05) is 12.3 Å². The number of esters is 1. The van der Waals surface area contributed by atoms with Crippen LogP contribution in [0.1, 0.15) is 38.2 Å². The standard InChI is InChI=1S/C19H22O3/c1-14(20)22-13-19(11-9-16(21)10-12-19)18-8-4-6-15-5-2-3-7-17(15)18/h2-8,16,21H,9-13H2,1H3. The van der Waals surface area contributed by atoms with Gasteiger partial charge < -0.3 is 9.84 Å². The lowest BCUT2D eigenvalue weighted by molar-refractivity contribution is -0.143. The summed E-state index contributed by atoms with van der Waals surface area (Å²) in [5.41, 5.74) is 1.05. The number of ether oxygens (including phenoxy) is 1. The van der Waals surface area contributed by atoms with Crippen molar-refractivity contribution < 1.29 is 14.6 Å². The molecule has 0 saturated heterocycles. The fourth-order valence-corrected chi connectivity index (χ4v) is 3.57. The van der Waals surface area contributed by atoms with Gasteiger partial charge in [-0.15, -0.1) is 0 Å². The van der Waals surface area contributed by atoms with Gasteiger partial charge in [-0.3, -0.25) is 4.79 Å². The van der Waals surface area contributed by atoms with Crippen LogP contribution in [0.4, 0.5) is 0 Å². The van der Waals surface area contributed by atoms with E-state index in [1.54, 1.807) is 0 Å². The van der Waals surface area contributed by atoms with Crippen molar-refractivity contribution in [3.05, 3.63) is 48.0 Å². The van der Waals surface area contributed by atoms with E-state index in [0.717, 1.165) is 25.7 Å². The highest BCUT2D eigenvalue weighted by molar-refractivity contribution is 5.86. The first-order valence-electron chi connectivity index (χ1n) is 7.90. The first kappa shape index (κ1) is 15.0. The van der Waals surface area contributed by atoms with Crippen LogP contribution in [0, 0.1) is 0 Å². The summed E-state index contributed by atoms with van der Waals surface area (Å²) in [7, 11) is 0. The molecule has 0 aliphatic heterocycles. The van der Waals surface area contributed by atoms with Crippen LogP contribution in [0.3, 0.4) is 0 Å². The summed E-state index contributed by atoms with van der Waals surface area (Å²) in [4.78, 5) is 11.3. The third-order valence-electron chi connectivity index (χ3n) is 4.82. The van der Waals surface area contributed by atoms with Crippen molar-refractivity contribution in [2.45, 2.75) is 44.1 Å². The maximum absolute atomic E-state index is 11.3. The second-order valence-corrected chi connectivity index (χ2v) is 6.32. The third-order valence-corrected chi connectivity index (χ3v) is 4.82. The number of hydrogen-bond acceptors (Lipinski definition) is 3. The predicted molar refractivity (Wildman–Crippen MR) is 86.7 cm³/mol. The molecule has 1 saturated carbocycles. The molecule has 116 valence electrons. The lowest BCUT2D eigenvalue weighted by Gasteiger charge is -2.39. The Bertz CT molecular complexity index is 664. The first-order chi connectivity index (χ1) is 10.6. The normalized spacial score (nSPS) is 25.1. The molecule has 3 heteroatoms. The number of aliphatic hydroxyl groups excluding tert-OH is 1. The molecule has 0 unspecified atom stereocenters. The van der Waals surface area contributed by atoms with Gasteiger partial charge in [-0.05, 0) is 42.0 Å². The average molecular weight is 298 g/mol. The summed E-state index contributed by atoms with van der Waals surface area (Å²) in [5, 5.41) is 12.3. The van der Waals surface area contributed by atoms with E-state index < -0.39 is 0 Å². The minimum atomic E-state index is -0.245. The highest BCUT2D eigenvalue weighted by Crippen LogP contribution is 2.42. The van der Waals surface area contributed by atoms with Crippen molar-refractivity contribution in [2.75, 3.05) is 6.61 Å². The van der Waals surface area contributed by atoms with Crippen molar-refractivity contribution in [3.8, 4) is 0 Å². The Morgan fingerprint density at radius 3 is 2.59 bits per heavy atom. The first-order valence-corrected chi connectivity index (χ1v) is 7.90. The van der Waals surface area contributed by atoms with E-state index in [1.807, 2.05) is 12.1 Å². The summed E-state index contributed by atoms with van der Waals surface area (Å²) < 4.78 is 5.40. The van der Waals surface area contributed by atoms with Crippen molar-refractivity contribution >= 4 is 16.7 Å². The van der Waals surface area contributed by atoms with Crippen LogP contribution in [0.2, 0.25) is 0 Å². The summed E-state index contributed by atoms with van der Waals surface area (Å²) in [6, 6.07) is 14.6. The number of benzene rings is 2. The van der Waals surface area contributed by atoms with E-state index >= 15 is 0 Å². The molecular weight excluding hydrogens is 276 g/mol. The molecule has 1 aliphatic rings. The molecule has 2 aromatic carbocycles. The lowest BCUT2D eigenvalue weighted by Crippen LogP contribution is -2.38. The van der Waals surface area contributed by atoms with Crippen LogP contribution in [-0.4, -0.2) is 23.8 Å². The molecular formula is C19H22O3. The maximum Gasteiger partial charge on any atom is 0.302 e. The van der Waals surface area contributed by atoms with Gasteiger partial charge in [0.2, 0.25) is 0 Å². The van der Waals surface area contributed by atoms with Crippen LogP contribution in [0.25, 0.3) is 10.8 Å². The van der Waals surface area contributed by atoms with Gasteiger partial charge in [0.05, 0.1) is 6.10 Å². The molecule has 0 heterocycles. The van der Waals surface area contributed by atoms with E-state index in [0.29, 0.717) is 6.61 Å². The van der Waals surface area contributed by atoms with Gasteiger partial charge in [-0.2, -0.15) is 0 Å². The van der Waals surface area contributed by atoms with E-state index in [4.69, 9.17) is 4.74 Å². The van der Waals surface area contributed by atoms with E-state index in [1.165, 1.54) is 23.3 Å². The van der Waals surface area contributed by atoms with Crippen LogP contribution in [0.5, 0.6) is 0 Å². The molecule has 22 heavy (non-hydrogen) atoms. The monoisotopic (exact) mass is 298 g/mol. The van der Waals surface area contributed by atoms with E-state index in [9.17, 15) is 9.90 Å². The molecule has 0 bridgehead atoms. The Morgan fingerprint density at radius 1 is 1.18 bits per heavy atom. The maximum atomic E-state index is 11.3. The van der Waals surface area contributed by atoms with Crippen LogP contribution < -0.4 is 0 Å².